The number of benzene rings is 1. The van der Waals surface area contributed by atoms with Gasteiger partial charge in [0, 0.05) is 19.4 Å². The van der Waals surface area contributed by atoms with E-state index in [1.165, 1.54) is 0 Å². The number of hydrogen-bond donors (Lipinski definition) is 9. The second kappa shape index (κ2) is 16.5. The van der Waals surface area contributed by atoms with Crippen LogP contribution in [0, 0.1) is 0 Å². The summed E-state index contributed by atoms with van der Waals surface area (Å²) < 4.78 is 0. The Labute approximate surface area is 219 Å². The van der Waals surface area contributed by atoms with Crippen molar-refractivity contribution in [3.63, 3.8) is 0 Å². The minimum absolute atomic E-state index is 0.0353. The van der Waals surface area contributed by atoms with Gasteiger partial charge in [0.1, 0.15) is 18.1 Å². The van der Waals surface area contributed by atoms with Gasteiger partial charge in [0.15, 0.2) is 5.96 Å². The Balaban J connectivity index is 2.84. The van der Waals surface area contributed by atoms with Gasteiger partial charge in [0.25, 0.3) is 0 Å². The highest BCUT2D eigenvalue weighted by atomic mass is 16.4. The maximum atomic E-state index is 12.9. The van der Waals surface area contributed by atoms with E-state index in [2.05, 4.69) is 20.9 Å². The second-order valence-corrected chi connectivity index (χ2v) is 8.45. The van der Waals surface area contributed by atoms with Crippen molar-refractivity contribution in [1.29, 1.82) is 0 Å². The lowest BCUT2D eigenvalue weighted by atomic mass is 10.1. The molecule has 0 saturated carbocycles. The van der Waals surface area contributed by atoms with E-state index in [-0.39, 0.29) is 38.2 Å². The number of aliphatic hydroxyl groups excluding tert-OH is 1. The average molecular weight is 537 g/mol. The molecule has 15 nitrogen and oxygen atoms in total. The minimum atomic E-state index is -1.54. The maximum Gasteiger partial charge on any atom is 0.326 e. The monoisotopic (exact) mass is 536 g/mol. The Morgan fingerprint density at radius 2 is 1.42 bits per heavy atom. The quantitative estimate of drug-likeness (QED) is 0.0535. The highest BCUT2D eigenvalue weighted by molar-refractivity contribution is 5.94. The van der Waals surface area contributed by atoms with Gasteiger partial charge in [-0.1, -0.05) is 30.3 Å². The Morgan fingerprint density at radius 3 is 1.97 bits per heavy atom. The minimum Gasteiger partial charge on any atom is -0.480 e. The van der Waals surface area contributed by atoms with Crippen molar-refractivity contribution in [3.8, 4) is 0 Å². The van der Waals surface area contributed by atoms with Crippen LogP contribution >= 0.6 is 0 Å². The third-order valence-electron chi connectivity index (χ3n) is 5.33. The summed E-state index contributed by atoms with van der Waals surface area (Å²) in [6.45, 7) is -0.625. The molecule has 210 valence electrons. The predicted molar refractivity (Wildman–Crippen MR) is 137 cm³/mol. The van der Waals surface area contributed by atoms with E-state index in [0.29, 0.717) is 12.0 Å². The fourth-order valence-corrected chi connectivity index (χ4v) is 3.27. The standard InChI is InChI=1S/C23H36N8O7/c24-14(7-4-10-28-23(26)27)19(34)29-15(8-9-18(25)33)20(35)31-17(12-32)21(36)30-16(22(37)38)11-13-5-2-1-3-6-13/h1-3,5-6,14-17,32H,4,7-12,24H2,(H2,25,33)(H,29,34)(H,30,36)(H,31,35)(H,37,38)(H4,26,27,28). The van der Waals surface area contributed by atoms with Crippen LogP contribution < -0.4 is 38.9 Å². The number of rotatable bonds is 17. The zero-order valence-corrected chi connectivity index (χ0v) is 20.8. The van der Waals surface area contributed by atoms with Crippen LogP contribution in [0.1, 0.15) is 31.2 Å². The topological polar surface area (TPSA) is 278 Å². The molecule has 4 amide bonds. The van der Waals surface area contributed by atoms with E-state index < -0.39 is 60.4 Å². The lowest BCUT2D eigenvalue weighted by molar-refractivity contribution is -0.142. The number of nitrogens with one attached hydrogen (secondary N) is 3. The van der Waals surface area contributed by atoms with Crippen molar-refractivity contribution in [2.75, 3.05) is 13.2 Å². The summed E-state index contributed by atoms with van der Waals surface area (Å²) in [4.78, 5) is 64.7. The number of carbonyl (C=O) groups is 5. The number of guanidine groups is 1. The second-order valence-electron chi connectivity index (χ2n) is 8.45. The van der Waals surface area contributed by atoms with Gasteiger partial charge < -0.3 is 49.1 Å². The van der Waals surface area contributed by atoms with Gasteiger partial charge in [0.2, 0.25) is 23.6 Å². The largest absolute Gasteiger partial charge is 0.480 e. The van der Waals surface area contributed by atoms with Crippen molar-refractivity contribution in [3.05, 3.63) is 35.9 Å². The maximum absolute atomic E-state index is 12.9. The lowest BCUT2D eigenvalue weighted by Gasteiger charge is -2.24. The molecule has 0 fully saturated rings. The SMILES string of the molecule is NC(=O)CCC(NC(=O)C(N)CCCN=C(N)N)C(=O)NC(CO)C(=O)NC(Cc1ccccc1)C(=O)O. The van der Waals surface area contributed by atoms with Gasteiger partial charge in [-0.15, -0.1) is 0 Å². The van der Waals surface area contributed by atoms with Gasteiger partial charge in [-0.3, -0.25) is 24.2 Å². The number of nitrogens with two attached hydrogens (primary N) is 4. The van der Waals surface area contributed by atoms with Gasteiger partial charge in [-0.25, -0.2) is 4.79 Å². The molecule has 0 saturated heterocycles. The first kappa shape index (κ1) is 31.8. The van der Waals surface area contributed by atoms with Crippen LogP contribution in [0.5, 0.6) is 0 Å². The molecule has 0 radical (unpaired) electrons. The Morgan fingerprint density at radius 1 is 0.842 bits per heavy atom. The summed E-state index contributed by atoms with van der Waals surface area (Å²) >= 11 is 0. The summed E-state index contributed by atoms with van der Waals surface area (Å²) in [6.07, 6.45) is 0.0509. The summed E-state index contributed by atoms with van der Waals surface area (Å²) in [5.74, 6) is -4.73. The third-order valence-corrected chi connectivity index (χ3v) is 5.33. The molecular weight excluding hydrogens is 500 g/mol. The number of aliphatic carboxylic acids is 1. The Bertz CT molecular complexity index is 985. The number of amides is 4. The molecule has 4 unspecified atom stereocenters. The number of carbonyl (C=O) groups excluding carboxylic acids is 4. The fraction of sp³-hybridized carbons (Fsp3) is 0.478. The van der Waals surface area contributed by atoms with Gasteiger partial charge in [-0.2, -0.15) is 0 Å². The van der Waals surface area contributed by atoms with Crippen molar-refractivity contribution < 1.29 is 34.2 Å². The normalized spacial score (nSPS) is 13.7. The molecule has 0 aliphatic carbocycles. The first-order valence-electron chi connectivity index (χ1n) is 11.8. The highest BCUT2D eigenvalue weighted by Gasteiger charge is 2.30. The van der Waals surface area contributed by atoms with Crippen molar-refractivity contribution in [1.82, 2.24) is 16.0 Å². The number of hydrogen-bond acceptors (Lipinski definition) is 8. The number of aliphatic imine (C=N–C) groups is 1. The predicted octanol–water partition coefficient (Wildman–Crippen LogP) is -3.59. The van der Waals surface area contributed by atoms with E-state index in [1.807, 2.05) is 0 Å². The smallest absolute Gasteiger partial charge is 0.326 e. The van der Waals surface area contributed by atoms with Crippen LogP contribution in [0.4, 0.5) is 0 Å². The molecule has 0 bridgehead atoms. The van der Waals surface area contributed by atoms with E-state index in [0.717, 1.165) is 0 Å². The summed E-state index contributed by atoms with van der Waals surface area (Å²) in [6, 6.07) is 3.32. The van der Waals surface area contributed by atoms with Crippen molar-refractivity contribution in [2.45, 2.75) is 56.3 Å². The average Bonchev–Trinajstić information content (AvgIpc) is 2.86. The lowest BCUT2D eigenvalue weighted by Crippen LogP contribution is -2.58. The third kappa shape index (κ3) is 12.1. The fourth-order valence-electron chi connectivity index (χ4n) is 3.27. The molecule has 1 rings (SSSR count). The van der Waals surface area contributed by atoms with Gasteiger partial charge in [-0.05, 0) is 24.8 Å². The summed E-state index contributed by atoms with van der Waals surface area (Å²) in [7, 11) is 0. The molecule has 13 N–H and O–H groups in total. The van der Waals surface area contributed by atoms with E-state index in [9.17, 15) is 34.2 Å². The number of carboxylic acids is 1. The molecule has 38 heavy (non-hydrogen) atoms. The molecular formula is C23H36N8O7. The molecule has 0 aliphatic rings. The van der Waals surface area contributed by atoms with E-state index in [1.54, 1.807) is 30.3 Å². The van der Waals surface area contributed by atoms with Crippen LogP contribution in [0.2, 0.25) is 0 Å². The number of carboxylic acid groups (broad SMARTS) is 1. The molecule has 0 aliphatic heterocycles. The van der Waals surface area contributed by atoms with E-state index in [4.69, 9.17) is 22.9 Å². The molecule has 0 aromatic heterocycles. The highest BCUT2D eigenvalue weighted by Crippen LogP contribution is 2.05. The summed E-state index contributed by atoms with van der Waals surface area (Å²) in [5.41, 5.74) is 22.1. The Kier molecular flexibility index (Phi) is 13.8. The first-order chi connectivity index (χ1) is 17.9. The number of aliphatic hydroxyl groups is 1. The van der Waals surface area contributed by atoms with Crippen LogP contribution in [0.3, 0.4) is 0 Å². The number of primary amides is 1. The van der Waals surface area contributed by atoms with Crippen molar-refractivity contribution >= 4 is 35.6 Å². The first-order valence-corrected chi connectivity index (χ1v) is 11.8. The van der Waals surface area contributed by atoms with Gasteiger partial charge in [0.05, 0.1) is 12.6 Å². The van der Waals surface area contributed by atoms with Crippen LogP contribution in [0.25, 0.3) is 0 Å². The summed E-state index contributed by atoms with van der Waals surface area (Å²) in [5, 5.41) is 26.1. The van der Waals surface area contributed by atoms with Crippen LogP contribution in [-0.2, 0) is 30.4 Å². The Hall–Kier alpha value is -4.24. The molecule has 4 atom stereocenters. The van der Waals surface area contributed by atoms with E-state index >= 15 is 0 Å². The molecule has 0 heterocycles. The molecule has 15 heteroatoms. The zero-order chi connectivity index (χ0) is 28.7. The van der Waals surface area contributed by atoms with Crippen LogP contribution in [0.15, 0.2) is 35.3 Å². The zero-order valence-electron chi connectivity index (χ0n) is 20.8. The number of nitrogens with zero attached hydrogens (tertiary/aromatic N) is 1. The van der Waals surface area contributed by atoms with Crippen LogP contribution in [-0.4, -0.2) is 83.1 Å². The van der Waals surface area contributed by atoms with Gasteiger partial charge >= 0.3 is 5.97 Å². The molecule has 1 aromatic carbocycles. The molecule has 0 spiro atoms. The molecule has 1 aromatic rings. The van der Waals surface area contributed by atoms with Crippen molar-refractivity contribution in [2.24, 2.45) is 27.9 Å².